The molecule has 0 fully saturated rings. The molecule has 0 radical (unpaired) electrons. The number of carboxylic acid groups (broad SMARTS) is 1. The maximum absolute atomic E-state index is 11.9. The summed E-state index contributed by atoms with van der Waals surface area (Å²) < 4.78 is 10.3. The SMILES string of the molecule is C[C@@H](NC(=O)CNC(=O)c1ccc2c(c1)OCO2)C(=O)O. The van der Waals surface area contributed by atoms with Crippen LogP contribution in [-0.4, -0.2) is 42.3 Å². The molecule has 0 saturated carbocycles. The molecule has 1 aromatic carbocycles. The third-order valence-corrected chi connectivity index (χ3v) is 2.79. The Morgan fingerprint density at radius 1 is 1.29 bits per heavy atom. The molecule has 112 valence electrons. The number of hydrogen-bond acceptors (Lipinski definition) is 5. The highest BCUT2D eigenvalue weighted by Crippen LogP contribution is 2.32. The lowest BCUT2D eigenvalue weighted by atomic mass is 10.2. The smallest absolute Gasteiger partial charge is 0.325 e. The summed E-state index contributed by atoms with van der Waals surface area (Å²) in [6.07, 6.45) is 0. The van der Waals surface area contributed by atoms with E-state index in [2.05, 4.69) is 10.6 Å². The van der Waals surface area contributed by atoms with E-state index in [1.807, 2.05) is 0 Å². The number of carbonyl (C=O) groups excluding carboxylic acids is 2. The Hall–Kier alpha value is -2.77. The molecule has 1 aliphatic rings. The number of fused-ring (bicyclic) bond motifs is 1. The molecule has 0 aliphatic carbocycles. The van der Waals surface area contributed by atoms with Gasteiger partial charge in [-0.05, 0) is 25.1 Å². The quantitative estimate of drug-likeness (QED) is 0.689. The summed E-state index contributed by atoms with van der Waals surface area (Å²) in [5, 5.41) is 13.3. The third kappa shape index (κ3) is 3.62. The van der Waals surface area contributed by atoms with Crippen molar-refractivity contribution >= 4 is 17.8 Å². The van der Waals surface area contributed by atoms with E-state index in [1.54, 1.807) is 12.1 Å². The Kier molecular flexibility index (Phi) is 4.27. The van der Waals surface area contributed by atoms with Gasteiger partial charge in [0, 0.05) is 5.56 Å². The molecule has 1 aromatic rings. The first kappa shape index (κ1) is 14.6. The van der Waals surface area contributed by atoms with Crippen LogP contribution in [0.1, 0.15) is 17.3 Å². The van der Waals surface area contributed by atoms with Gasteiger partial charge in [0.25, 0.3) is 5.91 Å². The van der Waals surface area contributed by atoms with E-state index in [4.69, 9.17) is 14.6 Å². The highest BCUT2D eigenvalue weighted by Gasteiger charge is 2.17. The predicted octanol–water partition coefficient (Wildman–Crippen LogP) is -0.266. The molecule has 0 bridgehead atoms. The number of aliphatic carboxylic acids is 1. The molecular formula is C13H14N2O6. The number of benzene rings is 1. The molecule has 1 aliphatic heterocycles. The molecule has 2 rings (SSSR count). The van der Waals surface area contributed by atoms with Crippen LogP contribution in [0.25, 0.3) is 0 Å². The highest BCUT2D eigenvalue weighted by atomic mass is 16.7. The van der Waals surface area contributed by atoms with Crippen molar-refractivity contribution in [2.24, 2.45) is 0 Å². The van der Waals surface area contributed by atoms with Crippen LogP contribution in [0.5, 0.6) is 11.5 Å². The fraction of sp³-hybridized carbons (Fsp3) is 0.308. The zero-order valence-electron chi connectivity index (χ0n) is 11.2. The van der Waals surface area contributed by atoms with E-state index in [-0.39, 0.29) is 13.3 Å². The van der Waals surface area contributed by atoms with Crippen LogP contribution in [0, 0.1) is 0 Å². The van der Waals surface area contributed by atoms with Gasteiger partial charge in [0.15, 0.2) is 11.5 Å². The molecule has 21 heavy (non-hydrogen) atoms. The molecule has 1 heterocycles. The molecule has 0 spiro atoms. The van der Waals surface area contributed by atoms with Crippen molar-refractivity contribution in [2.45, 2.75) is 13.0 Å². The standard InChI is InChI=1S/C13H14N2O6/c1-7(13(18)19)15-11(16)5-14-12(17)8-2-3-9-10(4-8)21-6-20-9/h2-4,7H,5-6H2,1H3,(H,14,17)(H,15,16)(H,18,19)/t7-/m1/s1. The minimum absolute atomic E-state index is 0.107. The van der Waals surface area contributed by atoms with Crippen molar-refractivity contribution in [2.75, 3.05) is 13.3 Å². The first-order chi connectivity index (χ1) is 9.97. The average molecular weight is 294 g/mol. The lowest BCUT2D eigenvalue weighted by molar-refractivity contribution is -0.141. The summed E-state index contributed by atoms with van der Waals surface area (Å²) >= 11 is 0. The summed E-state index contributed by atoms with van der Waals surface area (Å²) in [7, 11) is 0. The minimum atomic E-state index is -1.15. The van der Waals surface area contributed by atoms with Crippen molar-refractivity contribution in [1.29, 1.82) is 0 Å². The molecule has 3 N–H and O–H groups in total. The van der Waals surface area contributed by atoms with E-state index in [9.17, 15) is 14.4 Å². The fourth-order valence-corrected chi connectivity index (χ4v) is 1.65. The van der Waals surface area contributed by atoms with Gasteiger partial charge in [0.2, 0.25) is 12.7 Å². The Balaban J connectivity index is 1.87. The molecule has 2 amide bonds. The average Bonchev–Trinajstić information content (AvgIpc) is 2.91. The van der Waals surface area contributed by atoms with E-state index >= 15 is 0 Å². The van der Waals surface area contributed by atoms with Crippen LogP contribution in [0.2, 0.25) is 0 Å². The second kappa shape index (κ2) is 6.12. The van der Waals surface area contributed by atoms with Crippen LogP contribution in [0.3, 0.4) is 0 Å². The van der Waals surface area contributed by atoms with Crippen LogP contribution < -0.4 is 20.1 Å². The van der Waals surface area contributed by atoms with E-state index in [1.165, 1.54) is 13.0 Å². The van der Waals surface area contributed by atoms with Gasteiger partial charge in [-0.2, -0.15) is 0 Å². The summed E-state index contributed by atoms with van der Waals surface area (Å²) in [6, 6.07) is 3.64. The molecule has 0 saturated heterocycles. The van der Waals surface area contributed by atoms with Crippen LogP contribution in [-0.2, 0) is 9.59 Å². The molecule has 1 atom stereocenters. The first-order valence-electron chi connectivity index (χ1n) is 6.17. The van der Waals surface area contributed by atoms with Crippen molar-refractivity contribution in [3.05, 3.63) is 23.8 Å². The lowest BCUT2D eigenvalue weighted by Crippen LogP contribution is -2.43. The topological polar surface area (TPSA) is 114 Å². The number of hydrogen-bond donors (Lipinski definition) is 3. The minimum Gasteiger partial charge on any atom is -0.480 e. The molecule has 8 nitrogen and oxygen atoms in total. The monoisotopic (exact) mass is 294 g/mol. The van der Waals surface area contributed by atoms with Crippen LogP contribution in [0.4, 0.5) is 0 Å². The number of ether oxygens (including phenoxy) is 2. The number of carbonyl (C=O) groups is 3. The van der Waals surface area contributed by atoms with Crippen molar-refractivity contribution in [1.82, 2.24) is 10.6 Å². The number of carboxylic acids is 1. The van der Waals surface area contributed by atoms with Crippen LogP contribution in [0.15, 0.2) is 18.2 Å². The zero-order valence-corrected chi connectivity index (χ0v) is 11.2. The van der Waals surface area contributed by atoms with E-state index in [0.717, 1.165) is 0 Å². The predicted molar refractivity (Wildman–Crippen MR) is 70.1 cm³/mol. The van der Waals surface area contributed by atoms with Gasteiger partial charge in [-0.25, -0.2) is 0 Å². The third-order valence-electron chi connectivity index (χ3n) is 2.79. The summed E-state index contributed by atoms with van der Waals surface area (Å²) in [4.78, 5) is 33.9. The normalized spacial score (nSPS) is 13.4. The maximum atomic E-state index is 11.9. The Labute approximate surface area is 120 Å². The van der Waals surface area contributed by atoms with Crippen molar-refractivity contribution < 1.29 is 29.0 Å². The second-order valence-electron chi connectivity index (χ2n) is 4.38. The van der Waals surface area contributed by atoms with Gasteiger partial charge >= 0.3 is 5.97 Å². The van der Waals surface area contributed by atoms with Gasteiger partial charge in [-0.15, -0.1) is 0 Å². The number of nitrogens with one attached hydrogen (secondary N) is 2. The van der Waals surface area contributed by atoms with Crippen LogP contribution >= 0.6 is 0 Å². The summed E-state index contributed by atoms with van der Waals surface area (Å²) in [5.74, 6) is -1.18. The Morgan fingerprint density at radius 3 is 2.71 bits per heavy atom. The maximum Gasteiger partial charge on any atom is 0.325 e. The number of rotatable bonds is 5. The molecular weight excluding hydrogens is 280 g/mol. The molecule has 0 unspecified atom stereocenters. The van der Waals surface area contributed by atoms with E-state index < -0.39 is 23.8 Å². The Morgan fingerprint density at radius 2 is 2.00 bits per heavy atom. The summed E-state index contributed by atoms with van der Waals surface area (Å²) in [6.45, 7) is 1.13. The molecule has 8 heteroatoms. The van der Waals surface area contributed by atoms with E-state index in [0.29, 0.717) is 17.1 Å². The highest BCUT2D eigenvalue weighted by molar-refractivity contribution is 5.97. The summed E-state index contributed by atoms with van der Waals surface area (Å²) in [5.41, 5.74) is 0.318. The second-order valence-corrected chi connectivity index (χ2v) is 4.38. The first-order valence-corrected chi connectivity index (χ1v) is 6.17. The largest absolute Gasteiger partial charge is 0.480 e. The van der Waals surface area contributed by atoms with Gasteiger partial charge in [0.1, 0.15) is 6.04 Å². The van der Waals surface area contributed by atoms with Gasteiger partial charge in [-0.1, -0.05) is 0 Å². The molecule has 0 aromatic heterocycles. The van der Waals surface area contributed by atoms with Gasteiger partial charge in [0.05, 0.1) is 6.54 Å². The van der Waals surface area contributed by atoms with Gasteiger partial charge < -0.3 is 25.2 Å². The Bertz CT molecular complexity index is 586. The zero-order chi connectivity index (χ0) is 15.4. The van der Waals surface area contributed by atoms with Crippen molar-refractivity contribution in [3.8, 4) is 11.5 Å². The number of amides is 2. The van der Waals surface area contributed by atoms with Gasteiger partial charge in [-0.3, -0.25) is 14.4 Å². The fourth-order valence-electron chi connectivity index (χ4n) is 1.65. The lowest BCUT2D eigenvalue weighted by Gasteiger charge is -2.10. The van der Waals surface area contributed by atoms with Crippen molar-refractivity contribution in [3.63, 3.8) is 0 Å².